The molecule has 0 radical (unpaired) electrons. The molecule has 1 aromatic rings. The number of fused-ring (bicyclic) bond motifs is 1. The molecule has 1 atom stereocenters. The smallest absolute Gasteiger partial charge is 0.313 e. The molecular weight excluding hydrogens is 204 g/mol. The van der Waals surface area contributed by atoms with Gasteiger partial charge in [0.2, 0.25) is 0 Å². The van der Waals surface area contributed by atoms with Crippen molar-refractivity contribution in [2.75, 3.05) is 0 Å². The molecule has 1 aliphatic carbocycles. The van der Waals surface area contributed by atoms with Gasteiger partial charge in [-0.05, 0) is 45.1 Å². The molecule has 0 aliphatic heterocycles. The molecule has 0 fully saturated rings. The lowest BCUT2D eigenvalue weighted by Gasteiger charge is -2.18. The maximum absolute atomic E-state index is 10.9. The normalized spacial score (nSPS) is 16.6. The molecule has 0 spiro atoms. The van der Waals surface area contributed by atoms with Crippen molar-refractivity contribution in [3.05, 3.63) is 22.8 Å². The largest absolute Gasteiger partial charge is 0.481 e. The van der Waals surface area contributed by atoms with Crippen LogP contribution in [0.3, 0.4) is 0 Å². The Labute approximate surface area is 94.7 Å². The van der Waals surface area contributed by atoms with E-state index >= 15 is 0 Å². The number of hydrogen-bond donors (Lipinski definition) is 1. The lowest BCUT2D eigenvalue weighted by atomic mass is 9.94. The quantitative estimate of drug-likeness (QED) is 0.826. The Bertz CT molecular complexity index is 429. The van der Waals surface area contributed by atoms with E-state index in [0.29, 0.717) is 5.82 Å². The topological polar surface area (TPSA) is 63.1 Å². The van der Waals surface area contributed by atoms with E-state index in [4.69, 9.17) is 5.11 Å². The third kappa shape index (κ3) is 1.92. The third-order valence-corrected chi connectivity index (χ3v) is 3.16. The van der Waals surface area contributed by atoms with Gasteiger partial charge in [0, 0.05) is 11.4 Å². The average Bonchev–Trinajstić information content (AvgIpc) is 2.28. The fourth-order valence-electron chi connectivity index (χ4n) is 2.11. The first-order valence-corrected chi connectivity index (χ1v) is 5.68. The predicted molar refractivity (Wildman–Crippen MR) is 59.5 cm³/mol. The van der Waals surface area contributed by atoms with Crippen LogP contribution in [0.1, 0.15) is 48.5 Å². The molecule has 0 bridgehead atoms. The van der Waals surface area contributed by atoms with Gasteiger partial charge in [-0.2, -0.15) is 0 Å². The number of carboxylic acid groups (broad SMARTS) is 1. The SMILES string of the molecule is Cc1nc(C(C)C(=O)O)nc2c1CCCC2. The first-order valence-electron chi connectivity index (χ1n) is 5.68. The highest BCUT2D eigenvalue weighted by Crippen LogP contribution is 2.23. The Hall–Kier alpha value is -1.45. The summed E-state index contributed by atoms with van der Waals surface area (Å²) in [4.78, 5) is 19.6. The second-order valence-corrected chi connectivity index (χ2v) is 4.36. The lowest BCUT2D eigenvalue weighted by molar-refractivity contribution is -0.138. The summed E-state index contributed by atoms with van der Waals surface area (Å²) in [7, 11) is 0. The van der Waals surface area contributed by atoms with Crippen LogP contribution in [0.4, 0.5) is 0 Å². The van der Waals surface area contributed by atoms with E-state index in [1.54, 1.807) is 6.92 Å². The number of carboxylic acids is 1. The van der Waals surface area contributed by atoms with Crippen molar-refractivity contribution in [1.82, 2.24) is 9.97 Å². The minimum Gasteiger partial charge on any atom is -0.481 e. The summed E-state index contributed by atoms with van der Waals surface area (Å²) in [5.41, 5.74) is 3.24. The number of aromatic nitrogens is 2. The van der Waals surface area contributed by atoms with Crippen molar-refractivity contribution >= 4 is 5.97 Å². The Morgan fingerprint density at radius 2 is 2.00 bits per heavy atom. The van der Waals surface area contributed by atoms with Gasteiger partial charge in [0.15, 0.2) is 0 Å². The average molecular weight is 220 g/mol. The number of carbonyl (C=O) groups is 1. The van der Waals surface area contributed by atoms with Crippen molar-refractivity contribution in [1.29, 1.82) is 0 Å². The summed E-state index contributed by atoms with van der Waals surface area (Å²) in [6.45, 7) is 3.58. The number of aryl methyl sites for hydroxylation is 2. The van der Waals surface area contributed by atoms with Crippen molar-refractivity contribution in [3.8, 4) is 0 Å². The van der Waals surface area contributed by atoms with Crippen LogP contribution in [-0.4, -0.2) is 21.0 Å². The molecular formula is C12H16N2O2. The second kappa shape index (κ2) is 4.20. The Morgan fingerprint density at radius 1 is 1.31 bits per heavy atom. The zero-order chi connectivity index (χ0) is 11.7. The minimum absolute atomic E-state index is 0.450. The fraction of sp³-hybridized carbons (Fsp3) is 0.583. The number of nitrogens with zero attached hydrogens (tertiary/aromatic N) is 2. The van der Waals surface area contributed by atoms with Gasteiger partial charge < -0.3 is 5.11 Å². The van der Waals surface area contributed by atoms with E-state index in [9.17, 15) is 4.79 Å². The molecule has 1 N–H and O–H groups in total. The van der Waals surface area contributed by atoms with Crippen molar-refractivity contribution in [2.45, 2.75) is 45.4 Å². The lowest BCUT2D eigenvalue weighted by Crippen LogP contribution is -2.17. The first kappa shape index (κ1) is 11.0. The highest BCUT2D eigenvalue weighted by atomic mass is 16.4. The molecule has 0 aromatic carbocycles. The highest BCUT2D eigenvalue weighted by molar-refractivity contribution is 5.74. The second-order valence-electron chi connectivity index (χ2n) is 4.36. The van der Waals surface area contributed by atoms with Gasteiger partial charge in [-0.3, -0.25) is 4.79 Å². The number of rotatable bonds is 2. The van der Waals surface area contributed by atoms with Crippen LogP contribution < -0.4 is 0 Å². The summed E-state index contributed by atoms with van der Waals surface area (Å²) >= 11 is 0. The fourth-order valence-corrected chi connectivity index (χ4v) is 2.11. The van der Waals surface area contributed by atoms with E-state index in [1.165, 1.54) is 12.0 Å². The van der Waals surface area contributed by atoms with Gasteiger partial charge in [-0.25, -0.2) is 9.97 Å². The maximum Gasteiger partial charge on any atom is 0.313 e. The van der Waals surface area contributed by atoms with E-state index in [-0.39, 0.29) is 0 Å². The van der Waals surface area contributed by atoms with Gasteiger partial charge in [-0.15, -0.1) is 0 Å². The molecule has 1 heterocycles. The molecule has 1 aromatic heterocycles. The van der Waals surface area contributed by atoms with Crippen LogP contribution in [0, 0.1) is 6.92 Å². The highest BCUT2D eigenvalue weighted by Gasteiger charge is 2.21. The predicted octanol–water partition coefficient (Wildman–Crippen LogP) is 1.85. The van der Waals surface area contributed by atoms with Gasteiger partial charge in [0.05, 0.1) is 0 Å². The van der Waals surface area contributed by atoms with Crippen molar-refractivity contribution < 1.29 is 9.90 Å². The molecule has 16 heavy (non-hydrogen) atoms. The molecule has 86 valence electrons. The molecule has 4 nitrogen and oxygen atoms in total. The van der Waals surface area contributed by atoms with Crippen LogP contribution in [0.15, 0.2) is 0 Å². The first-order chi connectivity index (χ1) is 7.59. The molecule has 0 amide bonds. The summed E-state index contributed by atoms with van der Waals surface area (Å²) < 4.78 is 0. The summed E-state index contributed by atoms with van der Waals surface area (Å²) in [5.74, 6) is -1.04. The van der Waals surface area contributed by atoms with E-state index in [0.717, 1.165) is 30.7 Å². The van der Waals surface area contributed by atoms with Gasteiger partial charge in [0.25, 0.3) is 0 Å². The summed E-state index contributed by atoms with van der Waals surface area (Å²) in [6.07, 6.45) is 4.32. The number of aliphatic carboxylic acids is 1. The van der Waals surface area contributed by atoms with E-state index in [1.807, 2.05) is 6.92 Å². The van der Waals surface area contributed by atoms with Crippen LogP contribution >= 0.6 is 0 Å². The van der Waals surface area contributed by atoms with Gasteiger partial charge >= 0.3 is 5.97 Å². The molecule has 0 saturated carbocycles. The zero-order valence-electron chi connectivity index (χ0n) is 9.66. The van der Waals surface area contributed by atoms with Crippen LogP contribution in [0.25, 0.3) is 0 Å². The summed E-state index contributed by atoms with van der Waals surface area (Å²) in [5, 5.41) is 8.95. The van der Waals surface area contributed by atoms with E-state index in [2.05, 4.69) is 9.97 Å². The standard InChI is InChI=1S/C12H16N2O2/c1-7(12(15)16)11-13-8(2)9-5-3-4-6-10(9)14-11/h7H,3-6H2,1-2H3,(H,15,16). The molecule has 2 rings (SSSR count). The third-order valence-electron chi connectivity index (χ3n) is 3.16. The van der Waals surface area contributed by atoms with Gasteiger partial charge in [0.1, 0.15) is 11.7 Å². The van der Waals surface area contributed by atoms with Crippen LogP contribution in [0.5, 0.6) is 0 Å². The van der Waals surface area contributed by atoms with Gasteiger partial charge in [-0.1, -0.05) is 0 Å². The Morgan fingerprint density at radius 3 is 2.69 bits per heavy atom. The van der Waals surface area contributed by atoms with Crippen LogP contribution in [0.2, 0.25) is 0 Å². The molecule has 4 heteroatoms. The van der Waals surface area contributed by atoms with Crippen molar-refractivity contribution in [2.24, 2.45) is 0 Å². The monoisotopic (exact) mass is 220 g/mol. The molecule has 0 saturated heterocycles. The minimum atomic E-state index is -0.866. The molecule has 1 aliphatic rings. The molecule has 1 unspecified atom stereocenters. The van der Waals surface area contributed by atoms with E-state index < -0.39 is 11.9 Å². The zero-order valence-corrected chi connectivity index (χ0v) is 9.66. The number of hydrogen-bond acceptors (Lipinski definition) is 3. The maximum atomic E-state index is 10.9. The van der Waals surface area contributed by atoms with Crippen molar-refractivity contribution in [3.63, 3.8) is 0 Å². The summed E-state index contributed by atoms with van der Waals surface area (Å²) in [6, 6.07) is 0. The van der Waals surface area contributed by atoms with Crippen LogP contribution in [-0.2, 0) is 17.6 Å². The Balaban J connectivity index is 2.42. The Kier molecular flexibility index (Phi) is 2.90.